The van der Waals surface area contributed by atoms with Crippen molar-refractivity contribution in [3.63, 3.8) is 0 Å². The lowest BCUT2D eigenvalue weighted by Gasteiger charge is -2.29. The maximum atomic E-state index is 12.4. The highest BCUT2D eigenvalue weighted by Crippen LogP contribution is 2.24. The van der Waals surface area contributed by atoms with Crippen LogP contribution in [0, 0.1) is 6.92 Å². The zero-order valence-corrected chi connectivity index (χ0v) is 15.9. The van der Waals surface area contributed by atoms with Crippen molar-refractivity contribution in [3.8, 4) is 0 Å². The first-order valence-corrected chi connectivity index (χ1v) is 9.47. The first kappa shape index (κ1) is 18.2. The number of rotatable bonds is 4. The topological polar surface area (TPSA) is 54.5 Å². The molecule has 2 heterocycles. The highest BCUT2D eigenvalue weighted by atomic mass is 16.5. The van der Waals surface area contributed by atoms with Gasteiger partial charge in [-0.25, -0.2) is 0 Å². The Hall–Kier alpha value is -3.18. The van der Waals surface area contributed by atoms with E-state index in [2.05, 4.69) is 21.3 Å². The summed E-state index contributed by atoms with van der Waals surface area (Å²) in [7, 11) is 0. The summed E-state index contributed by atoms with van der Waals surface area (Å²) < 4.78 is 5.41. The predicted octanol–water partition coefficient (Wildman–Crippen LogP) is 4.03. The number of ether oxygens (including phenoxy) is 1. The summed E-state index contributed by atoms with van der Waals surface area (Å²) in [5.74, 6) is -0.157. The largest absolute Gasteiger partial charge is 0.378 e. The molecule has 0 aliphatic carbocycles. The Morgan fingerprint density at radius 2 is 1.96 bits per heavy atom. The maximum Gasteiger partial charge on any atom is 0.248 e. The van der Waals surface area contributed by atoms with Crippen LogP contribution >= 0.6 is 0 Å². The number of amides is 1. The predicted molar refractivity (Wildman–Crippen MR) is 114 cm³/mol. The number of fused-ring (bicyclic) bond motifs is 1. The lowest BCUT2D eigenvalue weighted by atomic mass is 10.1. The maximum absolute atomic E-state index is 12.4. The molecule has 0 saturated carbocycles. The van der Waals surface area contributed by atoms with Crippen LogP contribution in [0.15, 0.2) is 60.8 Å². The van der Waals surface area contributed by atoms with Crippen molar-refractivity contribution < 1.29 is 9.53 Å². The standard InChI is InChI=1S/C23H23N3O2/c1-17-16-20(26-12-14-28-15-13-26)8-9-21(17)25-22(27)10-7-19-5-2-4-18-6-3-11-24-23(18)19/h2-11,16H,12-15H2,1H3,(H,25,27)/b10-7+. The van der Waals surface area contributed by atoms with E-state index >= 15 is 0 Å². The highest BCUT2D eigenvalue weighted by Gasteiger charge is 2.12. The van der Waals surface area contributed by atoms with Crippen LogP contribution in [0.3, 0.4) is 0 Å². The molecule has 1 aliphatic rings. The molecule has 1 fully saturated rings. The Morgan fingerprint density at radius 1 is 1.14 bits per heavy atom. The minimum Gasteiger partial charge on any atom is -0.378 e. The summed E-state index contributed by atoms with van der Waals surface area (Å²) in [5.41, 5.74) is 4.84. The Labute approximate surface area is 164 Å². The molecule has 0 unspecified atom stereocenters. The van der Waals surface area contributed by atoms with Gasteiger partial charge in [0, 0.05) is 47.7 Å². The van der Waals surface area contributed by atoms with E-state index in [0.29, 0.717) is 0 Å². The fourth-order valence-electron chi connectivity index (χ4n) is 3.41. The molecule has 0 radical (unpaired) electrons. The van der Waals surface area contributed by atoms with Crippen molar-refractivity contribution in [3.05, 3.63) is 71.9 Å². The number of nitrogens with one attached hydrogen (secondary N) is 1. The Morgan fingerprint density at radius 3 is 2.79 bits per heavy atom. The van der Waals surface area contributed by atoms with Gasteiger partial charge >= 0.3 is 0 Å². The minimum absolute atomic E-state index is 0.157. The number of pyridine rings is 1. The quantitative estimate of drug-likeness (QED) is 0.702. The average molecular weight is 373 g/mol. The van der Waals surface area contributed by atoms with Gasteiger partial charge in [0.2, 0.25) is 5.91 Å². The van der Waals surface area contributed by atoms with Crippen molar-refractivity contribution in [2.24, 2.45) is 0 Å². The second kappa shape index (κ2) is 8.23. The van der Waals surface area contributed by atoms with Crippen molar-refractivity contribution >= 4 is 34.3 Å². The van der Waals surface area contributed by atoms with Gasteiger partial charge in [-0.2, -0.15) is 0 Å². The van der Waals surface area contributed by atoms with Gasteiger partial charge in [0.05, 0.1) is 18.7 Å². The second-order valence-corrected chi connectivity index (χ2v) is 6.84. The lowest BCUT2D eigenvalue weighted by molar-refractivity contribution is -0.111. The number of nitrogens with zero attached hydrogens (tertiary/aromatic N) is 2. The molecule has 0 spiro atoms. The zero-order chi connectivity index (χ0) is 19.3. The molecule has 3 aromatic rings. The van der Waals surface area contributed by atoms with Gasteiger partial charge in [-0.05, 0) is 42.8 Å². The number of morpholine rings is 1. The molecule has 1 amide bonds. The lowest BCUT2D eigenvalue weighted by Crippen LogP contribution is -2.36. The molecule has 28 heavy (non-hydrogen) atoms. The minimum atomic E-state index is -0.157. The Bertz CT molecular complexity index is 1020. The van der Waals surface area contributed by atoms with E-state index in [9.17, 15) is 4.79 Å². The van der Waals surface area contributed by atoms with E-state index in [1.807, 2.05) is 55.5 Å². The van der Waals surface area contributed by atoms with E-state index in [-0.39, 0.29) is 5.91 Å². The molecule has 1 saturated heterocycles. The average Bonchev–Trinajstić information content (AvgIpc) is 2.74. The van der Waals surface area contributed by atoms with Gasteiger partial charge in [-0.1, -0.05) is 24.3 Å². The summed E-state index contributed by atoms with van der Waals surface area (Å²) >= 11 is 0. The fourth-order valence-corrected chi connectivity index (χ4v) is 3.41. The smallest absolute Gasteiger partial charge is 0.248 e. The number of anilines is 2. The molecule has 1 N–H and O–H groups in total. The van der Waals surface area contributed by atoms with Crippen LogP contribution in [0.25, 0.3) is 17.0 Å². The number of para-hydroxylation sites is 1. The summed E-state index contributed by atoms with van der Waals surface area (Å²) in [5, 5.41) is 4.02. The highest BCUT2D eigenvalue weighted by molar-refractivity contribution is 6.03. The van der Waals surface area contributed by atoms with Gasteiger partial charge in [-0.3, -0.25) is 9.78 Å². The van der Waals surface area contributed by atoms with E-state index in [1.165, 1.54) is 0 Å². The van der Waals surface area contributed by atoms with Crippen LogP contribution < -0.4 is 10.2 Å². The molecule has 5 heteroatoms. The number of aryl methyl sites for hydroxylation is 1. The van der Waals surface area contributed by atoms with Gasteiger partial charge < -0.3 is 15.0 Å². The monoisotopic (exact) mass is 373 g/mol. The SMILES string of the molecule is Cc1cc(N2CCOCC2)ccc1NC(=O)/C=C/c1cccc2cccnc12. The summed E-state index contributed by atoms with van der Waals surface area (Å²) in [6.45, 7) is 5.31. The van der Waals surface area contributed by atoms with E-state index in [4.69, 9.17) is 4.74 Å². The van der Waals surface area contributed by atoms with Crippen LogP contribution in [0.5, 0.6) is 0 Å². The number of carbonyl (C=O) groups excluding carboxylic acids is 1. The van der Waals surface area contributed by atoms with Crippen LogP contribution in [-0.4, -0.2) is 37.2 Å². The second-order valence-electron chi connectivity index (χ2n) is 6.84. The molecular formula is C23H23N3O2. The first-order chi connectivity index (χ1) is 13.7. The third-order valence-corrected chi connectivity index (χ3v) is 4.92. The van der Waals surface area contributed by atoms with Crippen LogP contribution in [0.4, 0.5) is 11.4 Å². The molecule has 0 bridgehead atoms. The van der Waals surface area contributed by atoms with Gasteiger partial charge in [0.15, 0.2) is 0 Å². The molecule has 142 valence electrons. The number of carbonyl (C=O) groups is 1. The number of aromatic nitrogens is 1. The zero-order valence-electron chi connectivity index (χ0n) is 15.9. The normalized spacial score (nSPS) is 14.5. The van der Waals surface area contributed by atoms with Crippen LogP contribution in [0.2, 0.25) is 0 Å². The first-order valence-electron chi connectivity index (χ1n) is 9.47. The fraction of sp³-hybridized carbons (Fsp3) is 0.217. The molecular weight excluding hydrogens is 350 g/mol. The molecule has 1 aliphatic heterocycles. The molecule has 1 aromatic heterocycles. The van der Waals surface area contributed by atoms with E-state index in [1.54, 1.807) is 12.3 Å². The summed E-state index contributed by atoms with van der Waals surface area (Å²) in [6, 6.07) is 16.0. The van der Waals surface area contributed by atoms with Crippen LogP contribution in [-0.2, 0) is 9.53 Å². The summed E-state index contributed by atoms with van der Waals surface area (Å²) in [6.07, 6.45) is 5.13. The Balaban J connectivity index is 1.46. The number of hydrogen-bond donors (Lipinski definition) is 1. The van der Waals surface area contributed by atoms with Crippen molar-refractivity contribution in [1.82, 2.24) is 4.98 Å². The molecule has 0 atom stereocenters. The van der Waals surface area contributed by atoms with Gasteiger partial charge in [0.1, 0.15) is 0 Å². The third kappa shape index (κ3) is 4.05. The molecule has 4 rings (SSSR count). The number of hydrogen-bond acceptors (Lipinski definition) is 4. The third-order valence-electron chi connectivity index (χ3n) is 4.92. The van der Waals surface area contributed by atoms with E-state index < -0.39 is 0 Å². The van der Waals surface area contributed by atoms with Gasteiger partial charge in [-0.15, -0.1) is 0 Å². The van der Waals surface area contributed by atoms with Gasteiger partial charge in [0.25, 0.3) is 0 Å². The van der Waals surface area contributed by atoms with Crippen LogP contribution in [0.1, 0.15) is 11.1 Å². The van der Waals surface area contributed by atoms with E-state index in [0.717, 1.165) is 59.7 Å². The number of benzene rings is 2. The van der Waals surface area contributed by atoms with Crippen molar-refractivity contribution in [1.29, 1.82) is 0 Å². The van der Waals surface area contributed by atoms with Crippen molar-refractivity contribution in [2.75, 3.05) is 36.5 Å². The summed E-state index contributed by atoms with van der Waals surface area (Å²) in [4.78, 5) is 19.1. The Kier molecular flexibility index (Phi) is 5.35. The molecule has 2 aromatic carbocycles. The molecule has 5 nitrogen and oxygen atoms in total. The van der Waals surface area contributed by atoms with Crippen molar-refractivity contribution in [2.45, 2.75) is 6.92 Å².